The third-order valence-electron chi connectivity index (χ3n) is 8.18. The second-order valence-corrected chi connectivity index (χ2v) is 10.5. The molecule has 5 aromatic carbocycles. The zero-order valence-electron chi connectivity index (χ0n) is 22.3. The van der Waals surface area contributed by atoms with Crippen molar-refractivity contribution in [3.05, 3.63) is 133 Å². The molecule has 0 amide bonds. The molecule has 0 spiro atoms. The third-order valence-corrected chi connectivity index (χ3v) is 8.18. The Hall–Kier alpha value is -5.15. The molecule has 0 N–H and O–H groups in total. The van der Waals surface area contributed by atoms with Gasteiger partial charge in [-0.25, -0.2) is 0 Å². The van der Waals surface area contributed by atoms with Crippen molar-refractivity contribution >= 4 is 43.7 Å². The van der Waals surface area contributed by atoms with Crippen molar-refractivity contribution in [1.29, 1.82) is 0 Å². The van der Waals surface area contributed by atoms with Gasteiger partial charge in [0.2, 0.25) is 0 Å². The first-order valence-corrected chi connectivity index (χ1v) is 13.6. The molecule has 8 aromatic rings. The Bertz CT molecular complexity index is 2200. The van der Waals surface area contributed by atoms with E-state index in [1.54, 1.807) is 0 Å². The predicted molar refractivity (Wildman–Crippen MR) is 166 cm³/mol. The van der Waals surface area contributed by atoms with Crippen LogP contribution in [0.3, 0.4) is 0 Å². The number of hydrogen-bond acceptors (Lipinski definition) is 2. The van der Waals surface area contributed by atoms with Crippen LogP contribution in [-0.4, -0.2) is 9.55 Å². The lowest BCUT2D eigenvalue weighted by Gasteiger charge is -2.18. The standard InChI is InChI=1S/C37H26N2O/c1-23-10-9-19-38-37(23)31-22-26(39-33-14-6-3-11-27(33)28-12-4-7-15-34(28)39)21-30(24(31)2)25-17-18-36-32(20-25)29-13-5-8-16-35(29)40-36/h3-22H,1-2H3. The van der Waals surface area contributed by atoms with Gasteiger partial charge in [-0.1, -0.05) is 66.7 Å². The predicted octanol–water partition coefficient (Wildman–Crippen LogP) is 10.0. The van der Waals surface area contributed by atoms with Crippen molar-refractivity contribution in [3.63, 3.8) is 0 Å². The Balaban J connectivity index is 1.47. The first kappa shape index (κ1) is 22.8. The van der Waals surface area contributed by atoms with Crippen LogP contribution in [-0.2, 0) is 0 Å². The van der Waals surface area contributed by atoms with Gasteiger partial charge in [-0.3, -0.25) is 4.98 Å². The molecule has 0 atom stereocenters. The summed E-state index contributed by atoms with van der Waals surface area (Å²) in [5.74, 6) is 0. The van der Waals surface area contributed by atoms with Crippen LogP contribution in [0.4, 0.5) is 0 Å². The summed E-state index contributed by atoms with van der Waals surface area (Å²) in [4.78, 5) is 4.85. The van der Waals surface area contributed by atoms with Gasteiger partial charge in [0.25, 0.3) is 0 Å². The first-order valence-electron chi connectivity index (χ1n) is 13.6. The Morgan fingerprint density at radius 2 is 1.23 bits per heavy atom. The van der Waals surface area contributed by atoms with E-state index in [1.807, 2.05) is 24.4 Å². The fraction of sp³-hybridized carbons (Fsp3) is 0.0541. The van der Waals surface area contributed by atoms with E-state index in [-0.39, 0.29) is 0 Å². The van der Waals surface area contributed by atoms with E-state index in [0.717, 1.165) is 50.0 Å². The summed E-state index contributed by atoms with van der Waals surface area (Å²) >= 11 is 0. The lowest BCUT2D eigenvalue weighted by atomic mass is 9.91. The average molecular weight is 515 g/mol. The number of aryl methyl sites for hydroxylation is 1. The number of nitrogens with zero attached hydrogens (tertiary/aromatic N) is 2. The normalized spacial score (nSPS) is 11.8. The van der Waals surface area contributed by atoms with E-state index in [2.05, 4.69) is 115 Å². The van der Waals surface area contributed by atoms with Crippen LogP contribution in [0.1, 0.15) is 11.1 Å². The van der Waals surface area contributed by atoms with Crippen LogP contribution in [0.15, 0.2) is 126 Å². The van der Waals surface area contributed by atoms with Crippen LogP contribution >= 0.6 is 0 Å². The van der Waals surface area contributed by atoms with E-state index in [4.69, 9.17) is 9.40 Å². The smallest absolute Gasteiger partial charge is 0.135 e. The van der Waals surface area contributed by atoms with Gasteiger partial charge in [0.15, 0.2) is 0 Å². The SMILES string of the molecule is Cc1cccnc1-c1cc(-n2c3ccccc3c3ccccc32)cc(-c2ccc3oc4ccccc4c3c2)c1C. The largest absolute Gasteiger partial charge is 0.456 e. The molecule has 0 saturated heterocycles. The second kappa shape index (κ2) is 8.69. The molecule has 0 aliphatic heterocycles. The van der Waals surface area contributed by atoms with Crippen LogP contribution in [0.25, 0.3) is 71.8 Å². The van der Waals surface area contributed by atoms with E-state index in [9.17, 15) is 0 Å². The Morgan fingerprint density at radius 3 is 1.98 bits per heavy atom. The fourth-order valence-corrected chi connectivity index (χ4v) is 6.24. The molecule has 3 aromatic heterocycles. The number of para-hydroxylation sites is 3. The highest BCUT2D eigenvalue weighted by Gasteiger charge is 2.18. The van der Waals surface area contributed by atoms with Crippen molar-refractivity contribution in [3.8, 4) is 28.1 Å². The average Bonchev–Trinajstić information content (AvgIpc) is 3.53. The van der Waals surface area contributed by atoms with Crippen molar-refractivity contribution in [2.75, 3.05) is 0 Å². The molecule has 190 valence electrons. The highest BCUT2D eigenvalue weighted by Crippen LogP contribution is 2.40. The number of aromatic nitrogens is 2. The lowest BCUT2D eigenvalue weighted by Crippen LogP contribution is -2.00. The van der Waals surface area contributed by atoms with Gasteiger partial charge in [0, 0.05) is 39.0 Å². The van der Waals surface area contributed by atoms with Crippen molar-refractivity contribution in [2.45, 2.75) is 13.8 Å². The Kier molecular flexibility index (Phi) is 4.95. The van der Waals surface area contributed by atoms with Crippen LogP contribution < -0.4 is 0 Å². The number of furan rings is 1. The molecule has 0 fully saturated rings. The van der Waals surface area contributed by atoms with Crippen molar-refractivity contribution in [1.82, 2.24) is 9.55 Å². The number of pyridine rings is 1. The highest BCUT2D eigenvalue weighted by atomic mass is 16.3. The molecule has 3 nitrogen and oxygen atoms in total. The molecular weight excluding hydrogens is 488 g/mol. The van der Waals surface area contributed by atoms with Gasteiger partial charge in [-0.15, -0.1) is 0 Å². The zero-order valence-corrected chi connectivity index (χ0v) is 22.3. The van der Waals surface area contributed by atoms with E-state index < -0.39 is 0 Å². The van der Waals surface area contributed by atoms with Gasteiger partial charge in [0.1, 0.15) is 11.2 Å². The van der Waals surface area contributed by atoms with Crippen molar-refractivity contribution < 1.29 is 4.42 Å². The minimum absolute atomic E-state index is 0.905. The summed E-state index contributed by atoms with van der Waals surface area (Å²) in [6, 6.07) is 40.9. The number of hydrogen-bond donors (Lipinski definition) is 0. The summed E-state index contributed by atoms with van der Waals surface area (Å²) in [7, 11) is 0. The molecule has 40 heavy (non-hydrogen) atoms. The molecule has 0 radical (unpaired) electrons. The van der Waals surface area contributed by atoms with Crippen LogP contribution in [0.2, 0.25) is 0 Å². The molecule has 0 aliphatic carbocycles. The summed E-state index contributed by atoms with van der Waals surface area (Å²) in [6.45, 7) is 4.35. The Labute approximate surface area is 231 Å². The maximum Gasteiger partial charge on any atom is 0.135 e. The van der Waals surface area contributed by atoms with E-state index >= 15 is 0 Å². The van der Waals surface area contributed by atoms with Crippen LogP contribution in [0.5, 0.6) is 0 Å². The summed E-state index contributed by atoms with van der Waals surface area (Å²) < 4.78 is 8.54. The molecule has 0 aliphatic rings. The first-order chi connectivity index (χ1) is 19.7. The summed E-state index contributed by atoms with van der Waals surface area (Å²) in [6.07, 6.45) is 1.89. The summed E-state index contributed by atoms with van der Waals surface area (Å²) in [5.41, 5.74) is 12.2. The number of fused-ring (bicyclic) bond motifs is 6. The minimum Gasteiger partial charge on any atom is -0.456 e. The topological polar surface area (TPSA) is 31.0 Å². The second-order valence-electron chi connectivity index (χ2n) is 10.5. The van der Waals surface area contributed by atoms with Crippen molar-refractivity contribution in [2.24, 2.45) is 0 Å². The zero-order chi connectivity index (χ0) is 26.8. The molecule has 0 bridgehead atoms. The van der Waals surface area contributed by atoms with Gasteiger partial charge < -0.3 is 8.98 Å². The Morgan fingerprint density at radius 1 is 0.575 bits per heavy atom. The molecular formula is C37H26N2O. The van der Waals surface area contributed by atoms with E-state index in [1.165, 1.54) is 32.9 Å². The van der Waals surface area contributed by atoms with Gasteiger partial charge in [0.05, 0.1) is 16.7 Å². The summed E-state index contributed by atoms with van der Waals surface area (Å²) in [5, 5.41) is 4.77. The maximum absolute atomic E-state index is 6.15. The fourth-order valence-electron chi connectivity index (χ4n) is 6.24. The molecule has 0 unspecified atom stereocenters. The number of rotatable bonds is 3. The quantitative estimate of drug-likeness (QED) is 0.235. The maximum atomic E-state index is 6.15. The molecule has 3 heterocycles. The lowest BCUT2D eigenvalue weighted by molar-refractivity contribution is 0.669. The van der Waals surface area contributed by atoms with E-state index in [0.29, 0.717) is 0 Å². The molecule has 8 rings (SSSR count). The number of benzene rings is 5. The monoisotopic (exact) mass is 514 g/mol. The van der Waals surface area contributed by atoms with Gasteiger partial charge in [-0.05, 0) is 84.6 Å². The van der Waals surface area contributed by atoms with Gasteiger partial charge >= 0.3 is 0 Å². The highest BCUT2D eigenvalue weighted by molar-refractivity contribution is 6.10. The molecule has 3 heteroatoms. The minimum atomic E-state index is 0.905. The third kappa shape index (κ3) is 3.34. The van der Waals surface area contributed by atoms with Crippen LogP contribution in [0, 0.1) is 13.8 Å². The van der Waals surface area contributed by atoms with Gasteiger partial charge in [-0.2, -0.15) is 0 Å². The molecule has 0 saturated carbocycles.